The van der Waals surface area contributed by atoms with Crippen LogP contribution in [0.25, 0.3) is 11.4 Å². The van der Waals surface area contributed by atoms with Crippen molar-refractivity contribution in [1.82, 2.24) is 14.8 Å². The highest BCUT2D eigenvalue weighted by atomic mass is 32.2. The van der Waals surface area contributed by atoms with E-state index in [9.17, 15) is 9.59 Å². The number of carbonyl (C=O) groups excluding carboxylic acids is 2. The van der Waals surface area contributed by atoms with Crippen LogP contribution < -0.4 is 4.90 Å². The Morgan fingerprint density at radius 3 is 2.55 bits per heavy atom. The molecule has 148 valence electrons. The summed E-state index contributed by atoms with van der Waals surface area (Å²) in [4.78, 5) is 26.2. The predicted octanol–water partition coefficient (Wildman–Crippen LogP) is 3.89. The zero-order chi connectivity index (χ0) is 20.4. The zero-order valence-electron chi connectivity index (χ0n) is 16.5. The lowest BCUT2D eigenvalue weighted by Crippen LogP contribution is -2.23. The summed E-state index contributed by atoms with van der Waals surface area (Å²) in [5.74, 6) is 1.24. The molecule has 0 spiro atoms. The molecule has 0 bridgehead atoms. The molecule has 1 fully saturated rings. The summed E-state index contributed by atoms with van der Waals surface area (Å²) >= 11 is 1.38. The Balaban J connectivity index is 1.42. The van der Waals surface area contributed by atoms with Crippen LogP contribution in [0.5, 0.6) is 0 Å². The first-order valence-corrected chi connectivity index (χ1v) is 10.5. The molecule has 0 atom stereocenters. The molecule has 1 aliphatic rings. The number of aromatic nitrogens is 3. The van der Waals surface area contributed by atoms with Crippen LogP contribution in [0, 0.1) is 6.92 Å². The third-order valence-corrected chi connectivity index (χ3v) is 6.15. The van der Waals surface area contributed by atoms with Gasteiger partial charge in [0.1, 0.15) is 0 Å². The van der Waals surface area contributed by atoms with E-state index in [2.05, 4.69) is 10.2 Å². The van der Waals surface area contributed by atoms with Crippen molar-refractivity contribution >= 4 is 29.1 Å². The monoisotopic (exact) mass is 406 g/mol. The summed E-state index contributed by atoms with van der Waals surface area (Å²) in [7, 11) is 1.91. The molecule has 2 heterocycles. The number of nitrogens with zero attached hydrogens (tertiary/aromatic N) is 4. The molecule has 0 radical (unpaired) electrons. The van der Waals surface area contributed by atoms with E-state index in [1.54, 1.807) is 17.0 Å². The van der Waals surface area contributed by atoms with Gasteiger partial charge >= 0.3 is 0 Å². The topological polar surface area (TPSA) is 68.1 Å². The van der Waals surface area contributed by atoms with Gasteiger partial charge in [0.15, 0.2) is 16.8 Å². The van der Waals surface area contributed by atoms with E-state index in [-0.39, 0.29) is 17.4 Å². The number of aryl methyl sites for hydroxylation is 1. The molecule has 0 saturated carbocycles. The lowest BCUT2D eigenvalue weighted by molar-refractivity contribution is -0.117. The minimum atomic E-state index is 0.0229. The molecule has 7 heteroatoms. The average Bonchev–Trinajstić information content (AvgIpc) is 3.32. The number of carbonyl (C=O) groups is 2. The Morgan fingerprint density at radius 2 is 1.86 bits per heavy atom. The first-order chi connectivity index (χ1) is 14.0. The molecule has 0 unspecified atom stereocenters. The van der Waals surface area contributed by atoms with Crippen molar-refractivity contribution in [3.05, 3.63) is 59.7 Å². The number of Topliss-reactive ketones (excluding diaryl/α,β-unsaturated/α-hetero) is 1. The number of amides is 1. The highest BCUT2D eigenvalue weighted by Gasteiger charge is 2.22. The number of ketones is 1. The lowest BCUT2D eigenvalue weighted by Gasteiger charge is -2.15. The first kappa shape index (κ1) is 19.4. The number of rotatable bonds is 6. The van der Waals surface area contributed by atoms with Crippen molar-refractivity contribution in [1.29, 1.82) is 0 Å². The molecular weight excluding hydrogens is 384 g/mol. The van der Waals surface area contributed by atoms with E-state index in [1.807, 2.05) is 54.9 Å². The molecule has 0 N–H and O–H groups in total. The fourth-order valence-corrected chi connectivity index (χ4v) is 4.27. The molecule has 29 heavy (non-hydrogen) atoms. The normalized spacial score (nSPS) is 13.9. The van der Waals surface area contributed by atoms with Gasteiger partial charge in [-0.2, -0.15) is 0 Å². The standard InChI is InChI=1S/C22H22N4O2S/c1-15-6-3-4-7-18(15)21-23-24-22(25(21)2)29-14-19(27)16-9-11-17(12-10-16)26-13-5-8-20(26)28/h3-4,6-7,9-12H,5,8,13-14H2,1-2H3. The third-order valence-electron chi connectivity index (χ3n) is 5.13. The van der Waals surface area contributed by atoms with Gasteiger partial charge in [-0.15, -0.1) is 10.2 Å². The summed E-state index contributed by atoms with van der Waals surface area (Å²) in [6, 6.07) is 15.3. The molecule has 1 saturated heterocycles. The molecule has 1 aromatic heterocycles. The maximum absolute atomic E-state index is 12.6. The maximum atomic E-state index is 12.6. The molecule has 4 rings (SSSR count). The second kappa shape index (κ2) is 8.21. The SMILES string of the molecule is Cc1ccccc1-c1nnc(SCC(=O)c2ccc(N3CCCC3=O)cc2)n1C. The Morgan fingerprint density at radius 1 is 1.10 bits per heavy atom. The maximum Gasteiger partial charge on any atom is 0.227 e. The quantitative estimate of drug-likeness (QED) is 0.459. The van der Waals surface area contributed by atoms with Gasteiger partial charge in [-0.1, -0.05) is 36.0 Å². The highest BCUT2D eigenvalue weighted by molar-refractivity contribution is 7.99. The van der Waals surface area contributed by atoms with E-state index in [4.69, 9.17) is 0 Å². The number of benzene rings is 2. The predicted molar refractivity (Wildman–Crippen MR) is 114 cm³/mol. The smallest absolute Gasteiger partial charge is 0.227 e. The minimum absolute atomic E-state index is 0.0229. The van der Waals surface area contributed by atoms with E-state index >= 15 is 0 Å². The van der Waals surface area contributed by atoms with Crippen LogP contribution >= 0.6 is 11.8 Å². The summed E-state index contributed by atoms with van der Waals surface area (Å²) in [6.07, 6.45) is 1.48. The average molecular weight is 407 g/mol. The van der Waals surface area contributed by atoms with Crippen LogP contribution in [0.15, 0.2) is 53.7 Å². The van der Waals surface area contributed by atoms with Crippen LogP contribution in [0.1, 0.15) is 28.8 Å². The third kappa shape index (κ3) is 3.96. The van der Waals surface area contributed by atoms with Crippen molar-refractivity contribution in [2.45, 2.75) is 24.9 Å². The fourth-order valence-electron chi connectivity index (χ4n) is 3.46. The number of thioether (sulfide) groups is 1. The fraction of sp³-hybridized carbons (Fsp3) is 0.273. The Hall–Kier alpha value is -2.93. The first-order valence-electron chi connectivity index (χ1n) is 9.56. The van der Waals surface area contributed by atoms with E-state index in [0.717, 1.165) is 35.6 Å². The van der Waals surface area contributed by atoms with Gasteiger partial charge in [0, 0.05) is 36.8 Å². The van der Waals surface area contributed by atoms with Gasteiger partial charge in [0.05, 0.1) is 5.75 Å². The van der Waals surface area contributed by atoms with Gasteiger partial charge in [-0.3, -0.25) is 9.59 Å². The Bertz CT molecular complexity index is 1060. The second-order valence-electron chi connectivity index (χ2n) is 7.09. The van der Waals surface area contributed by atoms with Crippen LogP contribution in [0.3, 0.4) is 0 Å². The molecular formula is C22H22N4O2S. The van der Waals surface area contributed by atoms with Crippen molar-refractivity contribution in [3.63, 3.8) is 0 Å². The summed E-state index contributed by atoms with van der Waals surface area (Å²) < 4.78 is 1.92. The van der Waals surface area contributed by atoms with Crippen molar-refractivity contribution in [3.8, 4) is 11.4 Å². The summed E-state index contributed by atoms with van der Waals surface area (Å²) in [6.45, 7) is 2.79. The minimum Gasteiger partial charge on any atom is -0.312 e. The highest BCUT2D eigenvalue weighted by Crippen LogP contribution is 2.26. The summed E-state index contributed by atoms with van der Waals surface area (Å²) in [5, 5.41) is 9.26. The van der Waals surface area contributed by atoms with E-state index in [0.29, 0.717) is 17.1 Å². The second-order valence-corrected chi connectivity index (χ2v) is 8.03. The van der Waals surface area contributed by atoms with Gasteiger partial charge in [0.25, 0.3) is 0 Å². The van der Waals surface area contributed by atoms with Crippen LogP contribution in [-0.4, -0.2) is 38.8 Å². The van der Waals surface area contributed by atoms with Crippen LogP contribution in [-0.2, 0) is 11.8 Å². The molecule has 1 amide bonds. The van der Waals surface area contributed by atoms with Crippen molar-refractivity contribution < 1.29 is 9.59 Å². The Kier molecular flexibility index (Phi) is 5.49. The van der Waals surface area contributed by atoms with Crippen LogP contribution in [0.2, 0.25) is 0 Å². The van der Waals surface area contributed by atoms with E-state index < -0.39 is 0 Å². The molecule has 3 aromatic rings. The zero-order valence-corrected chi connectivity index (χ0v) is 17.3. The number of hydrogen-bond donors (Lipinski definition) is 0. The van der Waals surface area contributed by atoms with Crippen LogP contribution in [0.4, 0.5) is 5.69 Å². The number of hydrogen-bond acceptors (Lipinski definition) is 5. The van der Waals surface area contributed by atoms with Gasteiger partial charge in [0.2, 0.25) is 5.91 Å². The van der Waals surface area contributed by atoms with Crippen molar-refractivity contribution in [2.24, 2.45) is 7.05 Å². The Labute approximate surface area is 173 Å². The molecule has 2 aromatic carbocycles. The summed E-state index contributed by atoms with van der Waals surface area (Å²) in [5.41, 5.74) is 3.65. The largest absolute Gasteiger partial charge is 0.312 e. The lowest BCUT2D eigenvalue weighted by atomic mass is 10.1. The van der Waals surface area contributed by atoms with E-state index in [1.165, 1.54) is 11.8 Å². The van der Waals surface area contributed by atoms with Gasteiger partial charge < -0.3 is 9.47 Å². The van der Waals surface area contributed by atoms with Gasteiger partial charge in [-0.25, -0.2) is 0 Å². The molecule has 6 nitrogen and oxygen atoms in total. The van der Waals surface area contributed by atoms with Crippen molar-refractivity contribution in [2.75, 3.05) is 17.2 Å². The molecule has 0 aliphatic carbocycles. The van der Waals surface area contributed by atoms with Gasteiger partial charge in [-0.05, 0) is 43.2 Å². The molecule has 1 aliphatic heterocycles. The number of anilines is 1.